The number of benzene rings is 1. The zero-order valence-corrected chi connectivity index (χ0v) is 17.2. The zero-order valence-electron chi connectivity index (χ0n) is 15.7. The summed E-state index contributed by atoms with van der Waals surface area (Å²) in [5.41, 5.74) is 0.239. The summed E-state index contributed by atoms with van der Waals surface area (Å²) in [4.78, 5) is 21.1. The molecular weight excluding hydrogens is 401 g/mol. The van der Waals surface area contributed by atoms with Crippen LogP contribution in [0.4, 0.5) is 0 Å². The van der Waals surface area contributed by atoms with Crippen molar-refractivity contribution in [3.05, 3.63) is 52.1 Å². The number of hydrogen-bond donors (Lipinski definition) is 0. The lowest BCUT2D eigenvalue weighted by molar-refractivity contribution is 0.0614. The van der Waals surface area contributed by atoms with E-state index in [4.69, 9.17) is 32.7 Å². The van der Waals surface area contributed by atoms with E-state index < -0.39 is 0 Å². The summed E-state index contributed by atoms with van der Waals surface area (Å²) in [5, 5.41) is 0.945. The molecule has 0 atom stereocenters. The molecule has 2 heterocycles. The van der Waals surface area contributed by atoms with Gasteiger partial charge in [-0.15, -0.1) is 0 Å². The molecule has 6 nitrogen and oxygen atoms in total. The number of nitrogens with zero attached hydrogens (tertiary/aromatic N) is 3. The molecule has 0 unspecified atom stereocenters. The van der Waals surface area contributed by atoms with Gasteiger partial charge in [0.1, 0.15) is 12.4 Å². The van der Waals surface area contributed by atoms with E-state index in [1.807, 2.05) is 25.1 Å². The summed E-state index contributed by atoms with van der Waals surface area (Å²) in [6.45, 7) is 6.42. The highest BCUT2D eigenvalue weighted by atomic mass is 35.5. The molecule has 3 rings (SSSR count). The van der Waals surface area contributed by atoms with Crippen LogP contribution in [0.25, 0.3) is 0 Å². The lowest BCUT2D eigenvalue weighted by Gasteiger charge is -2.34. The highest BCUT2D eigenvalue weighted by Gasteiger charge is 2.25. The van der Waals surface area contributed by atoms with Gasteiger partial charge < -0.3 is 14.4 Å². The van der Waals surface area contributed by atoms with E-state index >= 15 is 0 Å². The molecule has 28 heavy (non-hydrogen) atoms. The molecule has 1 saturated heterocycles. The molecule has 0 spiro atoms. The third kappa shape index (κ3) is 5.28. The third-order valence-corrected chi connectivity index (χ3v) is 5.09. The Labute approximate surface area is 175 Å². The first-order valence-electron chi connectivity index (χ1n) is 9.26. The van der Waals surface area contributed by atoms with Crippen LogP contribution >= 0.6 is 23.2 Å². The van der Waals surface area contributed by atoms with Gasteiger partial charge in [-0.3, -0.25) is 9.69 Å². The topological polar surface area (TPSA) is 54.9 Å². The first-order valence-corrected chi connectivity index (χ1v) is 10.0. The second-order valence-corrected chi connectivity index (χ2v) is 7.14. The van der Waals surface area contributed by atoms with Gasteiger partial charge in [-0.25, -0.2) is 4.98 Å². The zero-order chi connectivity index (χ0) is 19.9. The van der Waals surface area contributed by atoms with Gasteiger partial charge in [-0.2, -0.15) is 0 Å². The summed E-state index contributed by atoms with van der Waals surface area (Å²) in [7, 11) is 0. The SMILES string of the molecule is CCOc1ccc(Cl)c(C(=O)N2CCN(CCOc3ccccc3Cl)CC2)n1. The Morgan fingerprint density at radius 3 is 2.50 bits per heavy atom. The Bertz CT molecular complexity index is 811. The summed E-state index contributed by atoms with van der Waals surface area (Å²) < 4.78 is 11.1. The van der Waals surface area contributed by atoms with Crippen molar-refractivity contribution >= 4 is 29.1 Å². The van der Waals surface area contributed by atoms with E-state index in [2.05, 4.69) is 9.88 Å². The number of piperazine rings is 1. The largest absolute Gasteiger partial charge is 0.491 e. The Morgan fingerprint density at radius 2 is 1.79 bits per heavy atom. The lowest BCUT2D eigenvalue weighted by atomic mass is 10.2. The smallest absolute Gasteiger partial charge is 0.274 e. The van der Waals surface area contributed by atoms with Crippen molar-refractivity contribution in [2.24, 2.45) is 0 Å². The van der Waals surface area contributed by atoms with E-state index in [0.29, 0.717) is 48.0 Å². The molecule has 1 aliphatic heterocycles. The normalized spacial score (nSPS) is 14.8. The van der Waals surface area contributed by atoms with E-state index in [0.717, 1.165) is 19.6 Å². The molecule has 0 bridgehead atoms. The fourth-order valence-electron chi connectivity index (χ4n) is 2.97. The van der Waals surface area contributed by atoms with E-state index in [-0.39, 0.29) is 11.6 Å². The Morgan fingerprint density at radius 1 is 1.04 bits per heavy atom. The highest BCUT2D eigenvalue weighted by molar-refractivity contribution is 6.33. The van der Waals surface area contributed by atoms with Crippen LogP contribution in [0.2, 0.25) is 10.0 Å². The van der Waals surface area contributed by atoms with Crippen molar-refractivity contribution in [2.75, 3.05) is 45.9 Å². The number of hydrogen-bond acceptors (Lipinski definition) is 5. The molecule has 8 heteroatoms. The summed E-state index contributed by atoms with van der Waals surface area (Å²) in [6, 6.07) is 10.7. The van der Waals surface area contributed by atoms with Crippen molar-refractivity contribution in [3.63, 3.8) is 0 Å². The average Bonchev–Trinajstić information content (AvgIpc) is 2.71. The minimum absolute atomic E-state index is 0.168. The van der Waals surface area contributed by atoms with Crippen LogP contribution in [-0.2, 0) is 0 Å². The maximum Gasteiger partial charge on any atom is 0.274 e. The molecule has 1 aliphatic rings. The van der Waals surface area contributed by atoms with Crippen LogP contribution in [0.15, 0.2) is 36.4 Å². The monoisotopic (exact) mass is 423 g/mol. The van der Waals surface area contributed by atoms with Gasteiger partial charge in [0, 0.05) is 38.8 Å². The van der Waals surface area contributed by atoms with E-state index in [9.17, 15) is 4.79 Å². The van der Waals surface area contributed by atoms with E-state index in [1.54, 1.807) is 23.1 Å². The Kier molecular flexibility index (Phi) is 7.36. The molecule has 2 aromatic rings. The lowest BCUT2D eigenvalue weighted by Crippen LogP contribution is -2.49. The molecule has 1 fully saturated rings. The van der Waals surface area contributed by atoms with Crippen LogP contribution in [0.5, 0.6) is 11.6 Å². The third-order valence-electron chi connectivity index (χ3n) is 4.48. The summed E-state index contributed by atoms with van der Waals surface area (Å²) in [6.07, 6.45) is 0. The van der Waals surface area contributed by atoms with Crippen LogP contribution in [0.1, 0.15) is 17.4 Å². The molecule has 0 N–H and O–H groups in total. The molecule has 0 aliphatic carbocycles. The maximum atomic E-state index is 12.8. The number of para-hydroxylation sites is 1. The molecular formula is C20H23Cl2N3O3. The van der Waals surface area contributed by atoms with Crippen LogP contribution < -0.4 is 9.47 Å². The standard InChI is InChI=1S/C20H23Cl2N3O3/c1-2-27-18-8-7-16(22)19(23-18)20(26)25-11-9-24(10-12-25)13-14-28-17-6-4-3-5-15(17)21/h3-8H,2,9-14H2,1H3. The van der Waals surface area contributed by atoms with Gasteiger partial charge in [0.15, 0.2) is 5.69 Å². The number of ether oxygens (including phenoxy) is 2. The van der Waals surface area contributed by atoms with Crippen molar-refractivity contribution in [3.8, 4) is 11.6 Å². The first kappa shape index (κ1) is 20.7. The molecule has 1 aromatic heterocycles. The number of halogens is 2. The predicted molar refractivity (Wildman–Crippen MR) is 110 cm³/mol. The van der Waals surface area contributed by atoms with Crippen molar-refractivity contribution in [1.29, 1.82) is 0 Å². The minimum atomic E-state index is -0.168. The molecule has 1 amide bonds. The van der Waals surface area contributed by atoms with Crippen LogP contribution in [0.3, 0.4) is 0 Å². The second-order valence-electron chi connectivity index (χ2n) is 6.33. The molecule has 150 valence electrons. The Balaban J connectivity index is 1.49. The van der Waals surface area contributed by atoms with E-state index in [1.165, 1.54) is 0 Å². The van der Waals surface area contributed by atoms with Gasteiger partial charge >= 0.3 is 0 Å². The maximum absolute atomic E-state index is 12.8. The fraction of sp³-hybridized carbons (Fsp3) is 0.400. The summed E-state index contributed by atoms with van der Waals surface area (Å²) in [5.74, 6) is 0.928. The van der Waals surface area contributed by atoms with Crippen LogP contribution in [-0.4, -0.2) is 66.6 Å². The van der Waals surface area contributed by atoms with Crippen molar-refractivity contribution < 1.29 is 14.3 Å². The first-order chi connectivity index (χ1) is 13.6. The summed E-state index contributed by atoms with van der Waals surface area (Å²) >= 11 is 12.3. The average molecular weight is 424 g/mol. The number of rotatable bonds is 7. The quantitative estimate of drug-likeness (QED) is 0.680. The Hall–Kier alpha value is -2.02. The van der Waals surface area contributed by atoms with Gasteiger partial charge in [-0.05, 0) is 25.1 Å². The molecule has 1 aromatic carbocycles. The van der Waals surface area contributed by atoms with Gasteiger partial charge in [0.25, 0.3) is 5.91 Å². The predicted octanol–water partition coefficient (Wildman–Crippen LogP) is 3.62. The highest BCUT2D eigenvalue weighted by Crippen LogP contribution is 2.23. The molecule has 0 radical (unpaired) electrons. The molecule has 0 saturated carbocycles. The number of carbonyl (C=O) groups excluding carboxylic acids is 1. The van der Waals surface area contributed by atoms with Gasteiger partial charge in [-0.1, -0.05) is 35.3 Å². The van der Waals surface area contributed by atoms with Crippen molar-refractivity contribution in [2.45, 2.75) is 6.92 Å². The minimum Gasteiger partial charge on any atom is -0.491 e. The van der Waals surface area contributed by atoms with Crippen LogP contribution in [0, 0.1) is 0 Å². The number of amides is 1. The second kappa shape index (κ2) is 9.96. The number of pyridine rings is 1. The van der Waals surface area contributed by atoms with Gasteiger partial charge in [0.05, 0.1) is 16.7 Å². The fourth-order valence-corrected chi connectivity index (χ4v) is 3.35. The number of aromatic nitrogens is 1. The number of carbonyl (C=O) groups is 1. The van der Waals surface area contributed by atoms with Gasteiger partial charge in [0.2, 0.25) is 5.88 Å². The van der Waals surface area contributed by atoms with Crippen molar-refractivity contribution in [1.82, 2.24) is 14.8 Å².